The van der Waals surface area contributed by atoms with E-state index in [9.17, 15) is 4.79 Å². The first kappa shape index (κ1) is 19.0. The van der Waals surface area contributed by atoms with Gasteiger partial charge in [0.05, 0.1) is 12.1 Å². The van der Waals surface area contributed by atoms with E-state index in [1.807, 2.05) is 32.0 Å². The van der Waals surface area contributed by atoms with Crippen LogP contribution >= 0.6 is 0 Å². The second-order valence-electron chi connectivity index (χ2n) is 8.30. The van der Waals surface area contributed by atoms with E-state index in [2.05, 4.69) is 22.3 Å². The predicted molar refractivity (Wildman–Crippen MR) is 110 cm³/mol. The molecule has 0 atom stereocenters. The highest BCUT2D eigenvalue weighted by Crippen LogP contribution is 2.28. The van der Waals surface area contributed by atoms with Crippen molar-refractivity contribution in [3.63, 3.8) is 0 Å². The van der Waals surface area contributed by atoms with Crippen molar-refractivity contribution in [1.82, 2.24) is 15.2 Å². The zero-order chi connectivity index (χ0) is 19.7. The molecular formula is C22H30N4O2. The van der Waals surface area contributed by atoms with Gasteiger partial charge in [0.15, 0.2) is 0 Å². The summed E-state index contributed by atoms with van der Waals surface area (Å²) in [6, 6.07) is 6.14. The Morgan fingerprint density at radius 2 is 2.07 bits per heavy atom. The van der Waals surface area contributed by atoms with E-state index in [1.54, 1.807) is 0 Å². The summed E-state index contributed by atoms with van der Waals surface area (Å²) in [6.45, 7) is 5.46. The van der Waals surface area contributed by atoms with Crippen LogP contribution in [0.2, 0.25) is 0 Å². The highest BCUT2D eigenvalue weighted by molar-refractivity contribution is 5.99. The van der Waals surface area contributed by atoms with E-state index in [0.717, 1.165) is 62.1 Å². The Bertz CT molecular complexity index is 854. The van der Waals surface area contributed by atoms with E-state index in [-0.39, 0.29) is 5.91 Å². The number of hydrogen-bond donors (Lipinski definition) is 1. The molecule has 3 heterocycles. The number of aromatic nitrogens is 1. The maximum absolute atomic E-state index is 12.8. The van der Waals surface area contributed by atoms with Crippen molar-refractivity contribution in [3.05, 3.63) is 46.5 Å². The molecule has 0 bridgehead atoms. The number of aryl methyl sites for hydroxylation is 1. The van der Waals surface area contributed by atoms with Gasteiger partial charge in [0.1, 0.15) is 17.3 Å². The third kappa shape index (κ3) is 4.38. The molecule has 6 heteroatoms. The van der Waals surface area contributed by atoms with Crippen molar-refractivity contribution in [2.24, 2.45) is 5.92 Å². The third-order valence-electron chi connectivity index (χ3n) is 5.63. The molecule has 1 aliphatic heterocycles. The highest BCUT2D eigenvalue weighted by atomic mass is 16.3. The lowest BCUT2D eigenvalue weighted by Crippen LogP contribution is -2.28. The van der Waals surface area contributed by atoms with Crippen molar-refractivity contribution in [2.45, 2.75) is 39.2 Å². The van der Waals surface area contributed by atoms with E-state index >= 15 is 0 Å². The van der Waals surface area contributed by atoms with Crippen LogP contribution in [0.1, 0.15) is 46.0 Å². The zero-order valence-corrected chi connectivity index (χ0v) is 17.1. The number of carbonyl (C=O) groups excluding carboxylic acids is 1. The van der Waals surface area contributed by atoms with Gasteiger partial charge in [-0.15, -0.1) is 0 Å². The SMILES string of the molecule is Cc1ccc(CN2CCc3cc(C(=O)NCC4CC4)c(N(C)C)nc3CC2)o1. The van der Waals surface area contributed by atoms with Crippen LogP contribution in [0.25, 0.3) is 0 Å². The lowest BCUT2D eigenvalue weighted by atomic mass is 10.0. The smallest absolute Gasteiger partial charge is 0.255 e. The van der Waals surface area contributed by atoms with Crippen LogP contribution in [-0.2, 0) is 19.4 Å². The fourth-order valence-corrected chi connectivity index (χ4v) is 3.78. The molecule has 0 saturated heterocycles. The second kappa shape index (κ2) is 7.95. The molecule has 2 aromatic heterocycles. The molecule has 2 aliphatic rings. The van der Waals surface area contributed by atoms with Gasteiger partial charge in [0, 0.05) is 45.8 Å². The van der Waals surface area contributed by atoms with Gasteiger partial charge in [0.2, 0.25) is 0 Å². The van der Waals surface area contributed by atoms with Crippen molar-refractivity contribution in [3.8, 4) is 0 Å². The average molecular weight is 383 g/mol. The van der Waals surface area contributed by atoms with Gasteiger partial charge in [-0.25, -0.2) is 4.98 Å². The quantitative estimate of drug-likeness (QED) is 0.832. The summed E-state index contributed by atoms with van der Waals surface area (Å²) in [6.07, 6.45) is 4.25. The van der Waals surface area contributed by atoms with Gasteiger partial charge >= 0.3 is 0 Å². The molecule has 1 fully saturated rings. The van der Waals surface area contributed by atoms with Crippen LogP contribution in [0, 0.1) is 12.8 Å². The van der Waals surface area contributed by atoms with E-state index in [1.165, 1.54) is 18.4 Å². The summed E-state index contributed by atoms with van der Waals surface area (Å²) < 4.78 is 5.74. The van der Waals surface area contributed by atoms with Crippen LogP contribution in [0.15, 0.2) is 22.6 Å². The standard InChI is InChI=1S/C22H30N4O2/c1-15-4-7-18(28-15)14-26-10-8-17-12-19(22(27)23-13-16-5-6-16)21(25(2)3)24-20(17)9-11-26/h4,7,12,16H,5-6,8-11,13-14H2,1-3H3,(H,23,27). The average Bonchev–Trinajstić information content (AvgIpc) is 3.44. The fourth-order valence-electron chi connectivity index (χ4n) is 3.78. The Kier molecular flexibility index (Phi) is 5.40. The molecule has 0 spiro atoms. The molecule has 0 radical (unpaired) electrons. The summed E-state index contributed by atoms with van der Waals surface area (Å²) in [5.41, 5.74) is 3.00. The van der Waals surface area contributed by atoms with E-state index in [0.29, 0.717) is 11.5 Å². The number of fused-ring (bicyclic) bond motifs is 1. The number of furan rings is 1. The number of nitrogens with zero attached hydrogens (tertiary/aromatic N) is 3. The number of hydrogen-bond acceptors (Lipinski definition) is 5. The number of carbonyl (C=O) groups is 1. The molecule has 150 valence electrons. The largest absolute Gasteiger partial charge is 0.465 e. The number of pyridine rings is 1. The Hall–Kier alpha value is -2.34. The maximum atomic E-state index is 12.8. The molecule has 0 aromatic carbocycles. The molecule has 1 N–H and O–H groups in total. The summed E-state index contributed by atoms with van der Waals surface area (Å²) in [5.74, 6) is 3.39. The lowest BCUT2D eigenvalue weighted by Gasteiger charge is -2.19. The van der Waals surface area contributed by atoms with Crippen LogP contribution in [-0.4, -0.2) is 49.5 Å². The zero-order valence-electron chi connectivity index (χ0n) is 17.1. The van der Waals surface area contributed by atoms with Crippen LogP contribution in [0.4, 0.5) is 5.82 Å². The second-order valence-corrected chi connectivity index (χ2v) is 8.30. The predicted octanol–water partition coefficient (Wildman–Crippen LogP) is 2.79. The maximum Gasteiger partial charge on any atom is 0.255 e. The van der Waals surface area contributed by atoms with Gasteiger partial charge in [-0.2, -0.15) is 0 Å². The molecule has 2 aromatic rings. The normalized spacial score (nSPS) is 17.1. The molecule has 1 amide bonds. The van der Waals surface area contributed by atoms with Crippen LogP contribution in [0.3, 0.4) is 0 Å². The van der Waals surface area contributed by atoms with Gasteiger partial charge < -0.3 is 14.6 Å². The molecule has 1 aliphatic carbocycles. The summed E-state index contributed by atoms with van der Waals surface area (Å²) in [7, 11) is 3.91. The Balaban J connectivity index is 1.50. The lowest BCUT2D eigenvalue weighted by molar-refractivity contribution is 0.0952. The molecule has 0 unspecified atom stereocenters. The summed E-state index contributed by atoms with van der Waals surface area (Å²) in [5, 5.41) is 3.09. The van der Waals surface area contributed by atoms with Crippen molar-refractivity contribution in [1.29, 1.82) is 0 Å². The molecule has 1 saturated carbocycles. The minimum Gasteiger partial charge on any atom is -0.465 e. The first-order valence-electron chi connectivity index (χ1n) is 10.3. The minimum absolute atomic E-state index is 0.00179. The summed E-state index contributed by atoms with van der Waals surface area (Å²) in [4.78, 5) is 22.0. The summed E-state index contributed by atoms with van der Waals surface area (Å²) >= 11 is 0. The van der Waals surface area contributed by atoms with Crippen LogP contribution < -0.4 is 10.2 Å². The van der Waals surface area contributed by atoms with Gasteiger partial charge in [0.25, 0.3) is 5.91 Å². The minimum atomic E-state index is -0.00179. The number of nitrogens with one attached hydrogen (secondary N) is 1. The van der Waals surface area contributed by atoms with Crippen molar-refractivity contribution < 1.29 is 9.21 Å². The number of rotatable bonds is 6. The topological polar surface area (TPSA) is 61.6 Å². The fraction of sp³-hybridized carbons (Fsp3) is 0.545. The first-order chi connectivity index (χ1) is 13.5. The van der Waals surface area contributed by atoms with Crippen molar-refractivity contribution >= 4 is 11.7 Å². The van der Waals surface area contributed by atoms with Gasteiger partial charge in [-0.1, -0.05) is 0 Å². The van der Waals surface area contributed by atoms with Gasteiger partial charge in [-0.05, 0) is 55.9 Å². The molecule has 4 rings (SSSR count). The Morgan fingerprint density at radius 3 is 2.75 bits per heavy atom. The number of anilines is 1. The monoisotopic (exact) mass is 382 g/mol. The Labute approximate surface area is 166 Å². The first-order valence-corrected chi connectivity index (χ1v) is 10.3. The molecular weight excluding hydrogens is 352 g/mol. The molecule has 28 heavy (non-hydrogen) atoms. The third-order valence-corrected chi connectivity index (χ3v) is 5.63. The number of amides is 1. The van der Waals surface area contributed by atoms with Gasteiger partial charge in [-0.3, -0.25) is 9.69 Å². The molecule has 6 nitrogen and oxygen atoms in total. The Morgan fingerprint density at radius 1 is 1.29 bits per heavy atom. The van der Waals surface area contributed by atoms with E-state index in [4.69, 9.17) is 9.40 Å². The van der Waals surface area contributed by atoms with Crippen LogP contribution in [0.5, 0.6) is 0 Å². The highest BCUT2D eigenvalue weighted by Gasteiger charge is 2.25. The van der Waals surface area contributed by atoms with Crippen molar-refractivity contribution in [2.75, 3.05) is 38.6 Å². The van der Waals surface area contributed by atoms with E-state index < -0.39 is 0 Å².